The van der Waals surface area contributed by atoms with Gasteiger partial charge in [0.05, 0.1) is 6.20 Å². The minimum atomic E-state index is -0.00475. The van der Waals surface area contributed by atoms with E-state index in [2.05, 4.69) is 32.3 Å². The van der Waals surface area contributed by atoms with Crippen molar-refractivity contribution in [2.24, 2.45) is 0 Å². The third-order valence-electron chi connectivity index (χ3n) is 3.46. The van der Waals surface area contributed by atoms with Gasteiger partial charge in [0.25, 0.3) is 5.89 Å². The van der Waals surface area contributed by atoms with Gasteiger partial charge in [-0.3, -0.25) is 4.98 Å². The Morgan fingerprint density at radius 3 is 2.83 bits per heavy atom. The number of rotatable bonds is 2. The number of hydrogen-bond donors (Lipinski definition) is 1. The van der Waals surface area contributed by atoms with E-state index in [0.717, 1.165) is 31.8 Å². The molecule has 3 heterocycles. The Morgan fingerprint density at radius 1 is 1.28 bits per heavy atom. The van der Waals surface area contributed by atoms with Crippen molar-refractivity contribution >= 4 is 0 Å². The molecule has 3 rings (SSSR count). The molecule has 0 saturated carbocycles. The van der Waals surface area contributed by atoms with Crippen LogP contribution < -0.4 is 5.32 Å². The van der Waals surface area contributed by atoms with E-state index < -0.39 is 0 Å². The molecule has 6 nitrogen and oxygen atoms in total. The maximum atomic E-state index is 5.29. The molecule has 0 atom stereocenters. The highest BCUT2D eigenvalue weighted by Crippen LogP contribution is 2.31. The average Bonchev–Trinajstić information content (AvgIpc) is 2.91. The Hall–Kier alpha value is -1.82. The largest absolute Gasteiger partial charge is 0.332 e. The Morgan fingerprint density at radius 2 is 2.11 bits per heavy atom. The van der Waals surface area contributed by atoms with Crippen molar-refractivity contribution in [3.8, 4) is 11.6 Å². The summed E-state index contributed by atoms with van der Waals surface area (Å²) < 4.78 is 5.29. The molecule has 94 valence electrons. The lowest BCUT2D eigenvalue weighted by Crippen LogP contribution is -2.38. The van der Waals surface area contributed by atoms with Crippen molar-refractivity contribution in [2.75, 3.05) is 13.1 Å². The quantitative estimate of drug-likeness (QED) is 0.855. The first kappa shape index (κ1) is 11.3. The molecule has 2 aromatic rings. The van der Waals surface area contributed by atoms with Crippen molar-refractivity contribution in [1.29, 1.82) is 0 Å². The topological polar surface area (TPSA) is 76.7 Å². The first-order chi connectivity index (χ1) is 8.78. The predicted octanol–water partition coefficient (Wildman–Crippen LogP) is 1.17. The molecular weight excluding hydrogens is 230 g/mol. The predicted molar refractivity (Wildman–Crippen MR) is 64.8 cm³/mol. The average molecular weight is 245 g/mol. The van der Waals surface area contributed by atoms with Crippen LogP contribution in [0.25, 0.3) is 11.6 Å². The zero-order valence-corrected chi connectivity index (χ0v) is 10.3. The van der Waals surface area contributed by atoms with Crippen LogP contribution in [-0.4, -0.2) is 33.2 Å². The van der Waals surface area contributed by atoms with E-state index in [-0.39, 0.29) is 5.41 Å². The summed E-state index contributed by atoms with van der Waals surface area (Å²) in [6, 6.07) is 0. The van der Waals surface area contributed by atoms with E-state index >= 15 is 0 Å². The van der Waals surface area contributed by atoms with Gasteiger partial charge in [0.2, 0.25) is 0 Å². The molecule has 0 unspecified atom stereocenters. The molecule has 1 aliphatic rings. The minimum Gasteiger partial charge on any atom is -0.332 e. The van der Waals surface area contributed by atoms with Crippen LogP contribution in [0.2, 0.25) is 0 Å². The fourth-order valence-corrected chi connectivity index (χ4v) is 2.18. The fourth-order valence-electron chi connectivity index (χ4n) is 2.18. The van der Waals surface area contributed by atoms with Crippen LogP contribution in [0, 0.1) is 0 Å². The van der Waals surface area contributed by atoms with E-state index in [0.29, 0.717) is 11.6 Å². The highest BCUT2D eigenvalue weighted by atomic mass is 16.5. The molecule has 6 heteroatoms. The molecule has 0 bridgehead atoms. The first-order valence-electron chi connectivity index (χ1n) is 6.09. The summed E-state index contributed by atoms with van der Waals surface area (Å²) in [6.45, 7) is 4.16. The first-order valence-corrected chi connectivity index (χ1v) is 6.09. The lowest BCUT2D eigenvalue weighted by atomic mass is 9.80. The lowest BCUT2D eigenvalue weighted by Gasteiger charge is -2.30. The Kier molecular flexibility index (Phi) is 2.79. The Balaban J connectivity index is 1.89. The normalized spacial score (nSPS) is 18.7. The summed E-state index contributed by atoms with van der Waals surface area (Å²) in [6.07, 6.45) is 6.90. The van der Waals surface area contributed by atoms with Gasteiger partial charge in [-0.25, -0.2) is 4.98 Å². The van der Waals surface area contributed by atoms with E-state index in [1.165, 1.54) is 0 Å². The van der Waals surface area contributed by atoms with Crippen LogP contribution in [0.3, 0.4) is 0 Å². The number of piperidine rings is 1. The summed E-state index contributed by atoms with van der Waals surface area (Å²) >= 11 is 0. The number of aromatic nitrogens is 4. The van der Waals surface area contributed by atoms with E-state index in [1.54, 1.807) is 18.6 Å². The zero-order chi connectivity index (χ0) is 12.4. The standard InChI is InChI=1S/C12H15N5O/c1-12(2-4-13-5-3-12)11-16-10(18-17-11)9-8-14-6-7-15-9/h6-8,13H,2-5H2,1H3. The van der Waals surface area contributed by atoms with Gasteiger partial charge in [-0.15, -0.1) is 0 Å². The number of nitrogens with one attached hydrogen (secondary N) is 1. The highest BCUT2D eigenvalue weighted by molar-refractivity contribution is 5.43. The molecule has 1 fully saturated rings. The second kappa shape index (κ2) is 4.45. The smallest absolute Gasteiger partial charge is 0.278 e. The molecule has 0 amide bonds. The molecule has 1 saturated heterocycles. The summed E-state index contributed by atoms with van der Waals surface area (Å²) in [5, 5.41) is 7.45. The Bertz CT molecular complexity index is 518. The van der Waals surface area contributed by atoms with Crippen molar-refractivity contribution in [1.82, 2.24) is 25.4 Å². The summed E-state index contributed by atoms with van der Waals surface area (Å²) in [4.78, 5) is 12.6. The van der Waals surface area contributed by atoms with Crippen LogP contribution in [-0.2, 0) is 5.41 Å². The van der Waals surface area contributed by atoms with Gasteiger partial charge in [0.15, 0.2) is 5.82 Å². The molecule has 0 spiro atoms. The molecular formula is C12H15N5O. The van der Waals surface area contributed by atoms with Crippen molar-refractivity contribution in [3.05, 3.63) is 24.4 Å². The van der Waals surface area contributed by atoms with Crippen LogP contribution in [0.5, 0.6) is 0 Å². The third-order valence-corrected chi connectivity index (χ3v) is 3.46. The maximum Gasteiger partial charge on any atom is 0.278 e. The van der Waals surface area contributed by atoms with Gasteiger partial charge < -0.3 is 9.84 Å². The molecule has 0 radical (unpaired) electrons. The van der Waals surface area contributed by atoms with E-state index in [4.69, 9.17) is 4.52 Å². The molecule has 1 N–H and O–H groups in total. The molecule has 18 heavy (non-hydrogen) atoms. The van der Waals surface area contributed by atoms with E-state index in [1.807, 2.05) is 0 Å². The molecule has 0 aromatic carbocycles. The van der Waals surface area contributed by atoms with Crippen molar-refractivity contribution in [3.63, 3.8) is 0 Å². The monoisotopic (exact) mass is 245 g/mol. The van der Waals surface area contributed by atoms with Crippen LogP contribution in [0.15, 0.2) is 23.1 Å². The summed E-state index contributed by atoms with van der Waals surface area (Å²) in [7, 11) is 0. The molecule has 0 aliphatic carbocycles. The molecule has 1 aliphatic heterocycles. The van der Waals surface area contributed by atoms with Gasteiger partial charge in [0, 0.05) is 17.8 Å². The van der Waals surface area contributed by atoms with Gasteiger partial charge >= 0.3 is 0 Å². The Labute approximate surface area is 105 Å². The molecule has 2 aromatic heterocycles. The maximum absolute atomic E-state index is 5.29. The van der Waals surface area contributed by atoms with Crippen LogP contribution >= 0.6 is 0 Å². The van der Waals surface area contributed by atoms with Gasteiger partial charge in [-0.2, -0.15) is 4.98 Å². The lowest BCUT2D eigenvalue weighted by molar-refractivity contribution is 0.303. The third kappa shape index (κ3) is 1.99. The SMILES string of the molecule is CC1(c2noc(-c3cnccn3)n2)CCNCC1. The highest BCUT2D eigenvalue weighted by Gasteiger charge is 2.33. The fraction of sp³-hybridized carbons (Fsp3) is 0.500. The second-order valence-corrected chi connectivity index (χ2v) is 4.82. The van der Waals surface area contributed by atoms with Gasteiger partial charge in [-0.05, 0) is 25.9 Å². The minimum absolute atomic E-state index is 0.00475. The van der Waals surface area contributed by atoms with Gasteiger partial charge in [-0.1, -0.05) is 12.1 Å². The summed E-state index contributed by atoms with van der Waals surface area (Å²) in [5.74, 6) is 1.21. The summed E-state index contributed by atoms with van der Waals surface area (Å²) in [5.41, 5.74) is 0.614. The van der Waals surface area contributed by atoms with Crippen molar-refractivity contribution in [2.45, 2.75) is 25.2 Å². The number of hydrogen-bond acceptors (Lipinski definition) is 6. The van der Waals surface area contributed by atoms with Crippen LogP contribution in [0.4, 0.5) is 0 Å². The zero-order valence-electron chi connectivity index (χ0n) is 10.3. The van der Waals surface area contributed by atoms with E-state index in [9.17, 15) is 0 Å². The van der Waals surface area contributed by atoms with Crippen LogP contribution in [0.1, 0.15) is 25.6 Å². The second-order valence-electron chi connectivity index (χ2n) is 4.82. The van der Waals surface area contributed by atoms with Crippen molar-refractivity contribution < 1.29 is 4.52 Å². The number of nitrogens with zero attached hydrogens (tertiary/aromatic N) is 4. The van der Waals surface area contributed by atoms with Gasteiger partial charge in [0.1, 0.15) is 5.69 Å².